The summed E-state index contributed by atoms with van der Waals surface area (Å²) in [7, 11) is 0. The van der Waals surface area contributed by atoms with Crippen LogP contribution in [0.3, 0.4) is 0 Å². The third-order valence-corrected chi connectivity index (χ3v) is 12.4. The molecule has 9 atom stereocenters. The summed E-state index contributed by atoms with van der Waals surface area (Å²) in [5.74, 6) is 2.30. The molecule has 0 saturated heterocycles. The minimum Gasteiger partial charge on any atom is -0.393 e. The normalized spacial score (nSPS) is 48.7. The van der Waals surface area contributed by atoms with Gasteiger partial charge < -0.3 is 10.2 Å². The molecular formula is C30H52O3. The van der Waals surface area contributed by atoms with Crippen molar-refractivity contribution >= 4 is 5.78 Å². The number of carbonyl (C=O) groups excluding carboxylic acids is 1. The van der Waals surface area contributed by atoms with E-state index < -0.39 is 5.60 Å². The quantitative estimate of drug-likeness (QED) is 0.475. The second-order valence-corrected chi connectivity index (χ2v) is 14.7. The van der Waals surface area contributed by atoms with Gasteiger partial charge in [-0.2, -0.15) is 0 Å². The topological polar surface area (TPSA) is 57.5 Å². The second-order valence-electron chi connectivity index (χ2n) is 14.7. The molecule has 0 aromatic rings. The number of fused-ring (bicyclic) bond motifs is 5. The molecule has 4 fully saturated rings. The Balaban J connectivity index is 1.65. The maximum Gasteiger partial charge on any atom is 0.138 e. The SMILES string of the molecule is CC(C)CCCC(C)(O)C1CCC2(C)C1C(O)CC1C3(C)CCC(=O)C(C)(C)C3CCC12C. The number of rotatable bonds is 5. The second kappa shape index (κ2) is 8.05. The van der Waals surface area contributed by atoms with Crippen molar-refractivity contribution in [2.75, 3.05) is 0 Å². The number of Topliss-reactive ketones (excluding diaryl/α,β-unsaturated/α-hetero) is 1. The van der Waals surface area contributed by atoms with E-state index in [1.54, 1.807) is 0 Å². The molecule has 9 unspecified atom stereocenters. The predicted octanol–water partition coefficient (Wildman–Crippen LogP) is 6.79. The molecule has 190 valence electrons. The van der Waals surface area contributed by atoms with Crippen LogP contribution in [-0.2, 0) is 4.79 Å². The molecule has 4 saturated carbocycles. The lowest BCUT2D eigenvalue weighted by Crippen LogP contribution is -2.66. The van der Waals surface area contributed by atoms with Crippen molar-refractivity contribution in [3.8, 4) is 0 Å². The zero-order valence-corrected chi connectivity index (χ0v) is 22.8. The van der Waals surface area contributed by atoms with Gasteiger partial charge in [-0.25, -0.2) is 0 Å². The molecule has 0 radical (unpaired) electrons. The highest BCUT2D eigenvalue weighted by Gasteiger charge is 2.71. The maximum atomic E-state index is 12.9. The molecule has 3 heteroatoms. The van der Waals surface area contributed by atoms with E-state index in [9.17, 15) is 15.0 Å². The van der Waals surface area contributed by atoms with Gasteiger partial charge in [0.25, 0.3) is 0 Å². The maximum absolute atomic E-state index is 12.9. The van der Waals surface area contributed by atoms with Crippen LogP contribution in [0.1, 0.15) is 120 Å². The summed E-state index contributed by atoms with van der Waals surface area (Å²) in [5, 5.41) is 23.4. The summed E-state index contributed by atoms with van der Waals surface area (Å²) in [4.78, 5) is 12.9. The third-order valence-electron chi connectivity index (χ3n) is 12.4. The van der Waals surface area contributed by atoms with Gasteiger partial charge in [-0.15, -0.1) is 0 Å². The zero-order valence-electron chi connectivity index (χ0n) is 22.8. The average Bonchev–Trinajstić information content (AvgIpc) is 3.08. The number of aliphatic hydroxyl groups excluding tert-OH is 1. The lowest BCUT2D eigenvalue weighted by atomic mass is 9.35. The van der Waals surface area contributed by atoms with Gasteiger partial charge in [0, 0.05) is 11.8 Å². The number of hydrogen-bond acceptors (Lipinski definition) is 3. The van der Waals surface area contributed by atoms with Crippen LogP contribution in [0.2, 0.25) is 0 Å². The van der Waals surface area contributed by atoms with Crippen LogP contribution in [0.25, 0.3) is 0 Å². The van der Waals surface area contributed by atoms with Gasteiger partial charge in [0.05, 0.1) is 11.7 Å². The smallest absolute Gasteiger partial charge is 0.138 e. The molecule has 0 spiro atoms. The molecule has 3 nitrogen and oxygen atoms in total. The van der Waals surface area contributed by atoms with Crippen molar-refractivity contribution in [3.05, 3.63) is 0 Å². The first-order chi connectivity index (χ1) is 15.1. The minimum absolute atomic E-state index is 0.0433. The molecule has 0 aliphatic heterocycles. The van der Waals surface area contributed by atoms with Crippen LogP contribution in [-0.4, -0.2) is 27.7 Å². The summed E-state index contributed by atoms with van der Waals surface area (Å²) in [6, 6.07) is 0. The van der Waals surface area contributed by atoms with Gasteiger partial charge in [-0.05, 0) is 97.7 Å². The van der Waals surface area contributed by atoms with Gasteiger partial charge in [0.1, 0.15) is 5.78 Å². The van der Waals surface area contributed by atoms with Gasteiger partial charge >= 0.3 is 0 Å². The largest absolute Gasteiger partial charge is 0.393 e. The molecule has 33 heavy (non-hydrogen) atoms. The fourth-order valence-electron chi connectivity index (χ4n) is 10.3. The van der Waals surface area contributed by atoms with Crippen LogP contribution in [0.15, 0.2) is 0 Å². The van der Waals surface area contributed by atoms with Gasteiger partial charge in [-0.3, -0.25) is 4.79 Å². The molecule has 0 bridgehead atoms. The molecular weight excluding hydrogens is 408 g/mol. The lowest BCUT2D eigenvalue weighted by molar-refractivity contribution is -0.232. The highest BCUT2D eigenvalue weighted by Crippen LogP contribution is 2.75. The number of ketones is 1. The zero-order chi connectivity index (χ0) is 24.6. The molecule has 0 heterocycles. The Kier molecular flexibility index (Phi) is 6.26. The summed E-state index contributed by atoms with van der Waals surface area (Å²) in [5.41, 5.74) is -0.655. The Labute approximate surface area is 203 Å². The van der Waals surface area contributed by atoms with Crippen LogP contribution in [0, 0.1) is 51.2 Å². The Morgan fingerprint density at radius 1 is 1.00 bits per heavy atom. The van der Waals surface area contributed by atoms with E-state index in [4.69, 9.17) is 0 Å². The Bertz CT molecular complexity index is 769. The van der Waals surface area contributed by atoms with Crippen molar-refractivity contribution in [1.82, 2.24) is 0 Å². The molecule has 4 aliphatic rings. The standard InChI is InChI=1S/C30H52O3/c1-19(2)10-9-14-30(8,33)20-11-16-29(7)25(20)21(31)18-23-27(5)15-13-24(32)26(3,4)22(27)12-17-28(23,29)6/h19-23,25,31,33H,9-18H2,1-8H3. The predicted molar refractivity (Wildman–Crippen MR) is 135 cm³/mol. The highest BCUT2D eigenvalue weighted by atomic mass is 16.3. The van der Waals surface area contributed by atoms with Crippen molar-refractivity contribution in [2.45, 2.75) is 131 Å². The Morgan fingerprint density at radius 3 is 2.27 bits per heavy atom. The van der Waals surface area contributed by atoms with Crippen LogP contribution >= 0.6 is 0 Å². The van der Waals surface area contributed by atoms with Crippen molar-refractivity contribution in [1.29, 1.82) is 0 Å². The van der Waals surface area contributed by atoms with Crippen molar-refractivity contribution < 1.29 is 15.0 Å². The summed E-state index contributed by atoms with van der Waals surface area (Å²) in [6.45, 7) is 18.4. The Morgan fingerprint density at radius 2 is 1.64 bits per heavy atom. The fraction of sp³-hybridized carbons (Fsp3) is 0.967. The molecule has 0 aromatic carbocycles. The average molecular weight is 461 g/mol. The van der Waals surface area contributed by atoms with Crippen LogP contribution < -0.4 is 0 Å². The first-order valence-electron chi connectivity index (χ1n) is 14.0. The van der Waals surface area contributed by atoms with Crippen LogP contribution in [0.4, 0.5) is 0 Å². The molecule has 2 N–H and O–H groups in total. The summed E-state index contributed by atoms with van der Waals surface area (Å²) < 4.78 is 0. The molecule has 0 aromatic heterocycles. The van der Waals surface area contributed by atoms with E-state index in [-0.39, 0.29) is 39.6 Å². The highest BCUT2D eigenvalue weighted by molar-refractivity contribution is 5.85. The van der Waals surface area contributed by atoms with E-state index in [0.29, 0.717) is 30.0 Å². The third kappa shape index (κ3) is 3.61. The van der Waals surface area contributed by atoms with Gasteiger partial charge in [0.2, 0.25) is 0 Å². The van der Waals surface area contributed by atoms with Gasteiger partial charge in [0.15, 0.2) is 0 Å². The Hall–Kier alpha value is -0.410. The number of carbonyl (C=O) groups is 1. The minimum atomic E-state index is -0.707. The molecule has 4 aliphatic carbocycles. The van der Waals surface area contributed by atoms with E-state index in [2.05, 4.69) is 55.4 Å². The lowest BCUT2D eigenvalue weighted by Gasteiger charge is -2.69. The molecule has 0 amide bonds. The van der Waals surface area contributed by atoms with Crippen LogP contribution in [0.5, 0.6) is 0 Å². The van der Waals surface area contributed by atoms with Crippen molar-refractivity contribution in [3.63, 3.8) is 0 Å². The monoisotopic (exact) mass is 460 g/mol. The summed E-state index contributed by atoms with van der Waals surface area (Å²) in [6.07, 6.45) is 9.61. The summed E-state index contributed by atoms with van der Waals surface area (Å²) >= 11 is 0. The van der Waals surface area contributed by atoms with E-state index in [0.717, 1.165) is 57.8 Å². The molecule has 4 rings (SSSR count). The number of hydrogen-bond donors (Lipinski definition) is 2. The first kappa shape index (κ1) is 25.7. The van der Waals surface area contributed by atoms with Gasteiger partial charge in [-0.1, -0.05) is 61.3 Å². The van der Waals surface area contributed by atoms with E-state index >= 15 is 0 Å². The van der Waals surface area contributed by atoms with E-state index in [1.165, 1.54) is 0 Å². The van der Waals surface area contributed by atoms with E-state index in [1.807, 2.05) is 0 Å². The van der Waals surface area contributed by atoms with Crippen molar-refractivity contribution in [2.24, 2.45) is 51.2 Å². The fourth-order valence-corrected chi connectivity index (χ4v) is 10.3. The first-order valence-corrected chi connectivity index (χ1v) is 14.0. The number of aliphatic hydroxyl groups is 2.